The third kappa shape index (κ3) is 11.4. The molecule has 256 valence electrons. The van der Waals surface area contributed by atoms with Gasteiger partial charge in [0.05, 0.1) is 25.2 Å². The maximum absolute atomic E-state index is 13.0. The van der Waals surface area contributed by atoms with Crippen LogP contribution in [0.3, 0.4) is 0 Å². The second-order valence-corrected chi connectivity index (χ2v) is 10.8. The van der Waals surface area contributed by atoms with Crippen LogP contribution in [-0.2, 0) is 35.2 Å². The summed E-state index contributed by atoms with van der Waals surface area (Å²) in [6.07, 6.45) is -0.0904. The van der Waals surface area contributed by atoms with Crippen LogP contribution in [-0.4, -0.2) is 96.5 Å². The van der Waals surface area contributed by atoms with Gasteiger partial charge in [0.1, 0.15) is 12.6 Å². The molecular formula is C31H42N6O10. The van der Waals surface area contributed by atoms with Crippen LogP contribution in [0.15, 0.2) is 48.5 Å². The lowest BCUT2D eigenvalue weighted by atomic mass is 9.97. The number of hydrogen-bond acceptors (Lipinski definition) is 13. The Morgan fingerprint density at radius 3 is 2.26 bits per heavy atom. The summed E-state index contributed by atoms with van der Waals surface area (Å²) in [6, 6.07) is 14.0. The van der Waals surface area contributed by atoms with Gasteiger partial charge in [0, 0.05) is 18.5 Å². The SMILES string of the molecule is CCCCC(=O)N(Cc1ccc(-c2ccccc2-c2nnn(C(C)OC(=O)OCCOCCON(O)O)n2)cc1)[C@H](C(=O)O)C(C)C. The fraction of sp³-hybridized carbons (Fsp3) is 0.484. The highest BCUT2D eigenvalue weighted by molar-refractivity contribution is 5.84. The zero-order valence-electron chi connectivity index (χ0n) is 26.9. The molecule has 2 aromatic carbocycles. The van der Waals surface area contributed by atoms with Gasteiger partial charge in [0.25, 0.3) is 0 Å². The minimum atomic E-state index is -1.03. The summed E-state index contributed by atoms with van der Waals surface area (Å²) >= 11 is 0. The summed E-state index contributed by atoms with van der Waals surface area (Å²) in [4.78, 5) is 44.1. The molecule has 0 saturated heterocycles. The summed E-state index contributed by atoms with van der Waals surface area (Å²) in [7, 11) is 0. The van der Waals surface area contributed by atoms with Gasteiger partial charge in [0.15, 0.2) is 0 Å². The number of carboxylic acids is 1. The van der Waals surface area contributed by atoms with Crippen molar-refractivity contribution in [2.24, 2.45) is 5.92 Å². The second kappa shape index (κ2) is 18.6. The van der Waals surface area contributed by atoms with Crippen LogP contribution in [0.25, 0.3) is 22.5 Å². The lowest BCUT2D eigenvalue weighted by Gasteiger charge is -2.32. The Kier molecular flexibility index (Phi) is 14.6. The predicted octanol–water partition coefficient (Wildman–Crippen LogP) is 4.34. The van der Waals surface area contributed by atoms with E-state index in [9.17, 15) is 19.5 Å². The maximum Gasteiger partial charge on any atom is 0.510 e. The van der Waals surface area contributed by atoms with E-state index in [2.05, 4.69) is 20.2 Å². The lowest BCUT2D eigenvalue weighted by Crippen LogP contribution is -2.47. The van der Waals surface area contributed by atoms with E-state index >= 15 is 0 Å². The molecule has 3 aromatic rings. The second-order valence-electron chi connectivity index (χ2n) is 10.8. The number of rotatable bonds is 19. The highest BCUT2D eigenvalue weighted by Gasteiger charge is 2.32. The molecule has 1 unspecified atom stereocenters. The molecular weight excluding hydrogens is 616 g/mol. The number of ether oxygens (including phenoxy) is 3. The van der Waals surface area contributed by atoms with Crippen LogP contribution in [0.1, 0.15) is 58.7 Å². The standard InChI is InChI=1S/C31H42N6O10/c1-5-6-11-27(38)35(28(21(2)3)30(39)40)20-23-12-14-24(15-13-23)25-9-7-8-10-26(25)29-32-34-36(33-29)22(4)47-31(41)45-18-16-44-17-19-46-37(42)43/h7-10,12-15,21-22,28,42-43H,5-6,11,16-20H2,1-4H3,(H,39,40)/t22?,28-/m0/s1. The number of amides is 1. The molecule has 3 N–H and O–H groups in total. The van der Waals surface area contributed by atoms with Crippen molar-refractivity contribution in [1.29, 1.82) is 0 Å². The van der Waals surface area contributed by atoms with Crippen LogP contribution in [0, 0.1) is 5.92 Å². The Hall–Kier alpha value is -4.48. The zero-order chi connectivity index (χ0) is 34.3. The van der Waals surface area contributed by atoms with Gasteiger partial charge in [-0.25, -0.2) is 14.4 Å². The van der Waals surface area contributed by atoms with Gasteiger partial charge in [-0.05, 0) is 41.2 Å². The normalized spacial score (nSPS) is 12.6. The highest BCUT2D eigenvalue weighted by atomic mass is 17.1. The van der Waals surface area contributed by atoms with Gasteiger partial charge in [-0.1, -0.05) is 75.7 Å². The molecule has 0 aliphatic carbocycles. The highest BCUT2D eigenvalue weighted by Crippen LogP contribution is 2.30. The number of aliphatic carboxylic acids is 1. The fourth-order valence-corrected chi connectivity index (χ4v) is 4.68. The van der Waals surface area contributed by atoms with Gasteiger partial charge in [0.2, 0.25) is 18.0 Å². The van der Waals surface area contributed by atoms with E-state index in [0.717, 1.165) is 27.9 Å². The Bertz CT molecular complexity index is 1430. The van der Waals surface area contributed by atoms with Crippen LogP contribution in [0.2, 0.25) is 0 Å². The van der Waals surface area contributed by atoms with Gasteiger partial charge in [-0.15, -0.1) is 15.0 Å². The van der Waals surface area contributed by atoms with Crippen molar-refractivity contribution >= 4 is 18.0 Å². The Balaban J connectivity index is 1.67. The van der Waals surface area contributed by atoms with E-state index in [1.54, 1.807) is 20.8 Å². The number of carboxylic acid groups (broad SMARTS) is 1. The molecule has 0 spiro atoms. The number of carbonyl (C=O) groups is 3. The van der Waals surface area contributed by atoms with E-state index in [4.69, 9.17) is 24.6 Å². The number of aromatic nitrogens is 4. The van der Waals surface area contributed by atoms with Crippen molar-refractivity contribution in [3.05, 3.63) is 54.1 Å². The molecule has 1 heterocycles. The smallest absolute Gasteiger partial charge is 0.480 e. The fourth-order valence-electron chi connectivity index (χ4n) is 4.68. The van der Waals surface area contributed by atoms with Crippen LogP contribution >= 0.6 is 0 Å². The number of tetrazole rings is 1. The van der Waals surface area contributed by atoms with E-state index in [0.29, 0.717) is 24.2 Å². The van der Waals surface area contributed by atoms with E-state index in [-0.39, 0.29) is 44.8 Å². The zero-order valence-corrected chi connectivity index (χ0v) is 26.9. The van der Waals surface area contributed by atoms with Crippen molar-refractivity contribution in [1.82, 2.24) is 30.5 Å². The van der Waals surface area contributed by atoms with Crippen molar-refractivity contribution < 1.29 is 49.0 Å². The minimum Gasteiger partial charge on any atom is -0.480 e. The number of carbonyl (C=O) groups excluding carboxylic acids is 2. The number of hydrogen-bond donors (Lipinski definition) is 3. The summed E-state index contributed by atoms with van der Waals surface area (Å²) in [5, 5.41) is 38.9. The van der Waals surface area contributed by atoms with Crippen molar-refractivity contribution in [3.8, 4) is 22.5 Å². The lowest BCUT2D eigenvalue weighted by molar-refractivity contribution is -0.493. The first-order chi connectivity index (χ1) is 22.5. The summed E-state index contributed by atoms with van der Waals surface area (Å²) in [5.74, 6) is -1.18. The van der Waals surface area contributed by atoms with E-state index in [1.165, 1.54) is 4.90 Å². The first-order valence-corrected chi connectivity index (χ1v) is 15.2. The molecule has 2 atom stereocenters. The first-order valence-electron chi connectivity index (χ1n) is 15.2. The van der Waals surface area contributed by atoms with Gasteiger partial charge < -0.3 is 24.2 Å². The van der Waals surface area contributed by atoms with Gasteiger partial charge in [-0.3, -0.25) is 15.2 Å². The number of benzene rings is 2. The third-order valence-electron chi connectivity index (χ3n) is 6.97. The molecule has 0 aliphatic rings. The maximum atomic E-state index is 13.0. The van der Waals surface area contributed by atoms with Crippen molar-refractivity contribution in [2.75, 3.05) is 26.4 Å². The molecule has 0 radical (unpaired) electrons. The number of nitrogens with zero attached hydrogens (tertiary/aromatic N) is 6. The first kappa shape index (κ1) is 37.0. The average molecular weight is 659 g/mol. The van der Waals surface area contributed by atoms with Crippen molar-refractivity contribution in [2.45, 2.75) is 65.8 Å². The Morgan fingerprint density at radius 1 is 0.936 bits per heavy atom. The van der Waals surface area contributed by atoms with Crippen LogP contribution in [0.4, 0.5) is 4.79 Å². The molecule has 47 heavy (non-hydrogen) atoms. The molecule has 0 aliphatic heterocycles. The Labute approximate surface area is 272 Å². The summed E-state index contributed by atoms with van der Waals surface area (Å²) in [5.41, 5.74) is 3.12. The molecule has 1 amide bonds. The average Bonchev–Trinajstić information content (AvgIpc) is 3.53. The molecule has 3 rings (SSSR count). The largest absolute Gasteiger partial charge is 0.510 e. The van der Waals surface area contributed by atoms with E-state index in [1.807, 2.05) is 55.5 Å². The van der Waals surface area contributed by atoms with E-state index < -0.39 is 29.8 Å². The van der Waals surface area contributed by atoms with Gasteiger partial charge in [-0.2, -0.15) is 0 Å². The summed E-state index contributed by atoms with van der Waals surface area (Å²) in [6.45, 7) is 7.14. The predicted molar refractivity (Wildman–Crippen MR) is 164 cm³/mol. The monoisotopic (exact) mass is 658 g/mol. The molecule has 1 aromatic heterocycles. The molecule has 0 fully saturated rings. The third-order valence-corrected chi connectivity index (χ3v) is 6.97. The number of unbranched alkanes of at least 4 members (excludes halogenated alkanes) is 1. The topological polar surface area (TPSA) is 199 Å². The van der Waals surface area contributed by atoms with Crippen molar-refractivity contribution in [3.63, 3.8) is 0 Å². The molecule has 0 saturated carbocycles. The van der Waals surface area contributed by atoms with Crippen LogP contribution < -0.4 is 0 Å². The minimum absolute atomic E-state index is 0.0311. The molecule has 16 heteroatoms. The quantitative estimate of drug-likeness (QED) is 0.0933. The Morgan fingerprint density at radius 2 is 1.62 bits per heavy atom. The molecule has 0 bridgehead atoms. The summed E-state index contributed by atoms with van der Waals surface area (Å²) < 4.78 is 15.3. The van der Waals surface area contributed by atoms with Crippen LogP contribution in [0.5, 0.6) is 0 Å². The van der Waals surface area contributed by atoms with Gasteiger partial charge >= 0.3 is 12.1 Å². The molecule has 16 nitrogen and oxygen atoms in total.